The summed E-state index contributed by atoms with van der Waals surface area (Å²) in [5, 5.41) is 1.14. The molecule has 8 rings (SSSR count). The maximum atomic E-state index is 5.07. The van der Waals surface area contributed by atoms with Crippen LogP contribution in [0, 0.1) is 6.92 Å². The Balaban J connectivity index is 0.00000186. The predicted octanol–water partition coefficient (Wildman–Crippen LogP) is 11.6. The summed E-state index contributed by atoms with van der Waals surface area (Å²) in [5.74, 6) is 2.09. The first-order valence-electron chi connectivity index (χ1n) is 17.3. The molecule has 0 amide bonds. The van der Waals surface area contributed by atoms with E-state index in [4.69, 9.17) is 4.99 Å². The average molecular weight is 632 g/mol. The quantitative estimate of drug-likeness (QED) is 0.136. The monoisotopic (exact) mass is 631 g/mol. The Morgan fingerprint density at radius 2 is 1.61 bits per heavy atom. The fraction of sp³-hybridized carbons (Fsp3) is 0.109. The Hall–Kier alpha value is -5.67. The van der Waals surface area contributed by atoms with Crippen molar-refractivity contribution in [1.82, 2.24) is 4.57 Å². The zero-order valence-corrected chi connectivity index (χ0v) is 28.5. The van der Waals surface area contributed by atoms with Crippen LogP contribution in [0.4, 0.5) is 5.69 Å². The fourth-order valence-corrected chi connectivity index (χ4v) is 6.97. The minimum absolute atomic E-state index is 0.880. The minimum atomic E-state index is 0.880. The van der Waals surface area contributed by atoms with Gasteiger partial charge in [0.1, 0.15) is 0 Å². The molecule has 3 aliphatic rings. The van der Waals surface area contributed by atoms with Gasteiger partial charge in [-0.05, 0) is 99.2 Å². The topological polar surface area (TPSA) is 17.3 Å². The number of aromatic nitrogens is 1. The van der Waals surface area contributed by atoms with Gasteiger partial charge >= 0.3 is 0 Å². The molecule has 2 aliphatic carbocycles. The highest BCUT2D eigenvalue weighted by atomic mass is 15.0. The van der Waals surface area contributed by atoms with Crippen LogP contribution in [0.1, 0.15) is 47.4 Å². The highest BCUT2D eigenvalue weighted by Crippen LogP contribution is 2.40. The summed E-state index contributed by atoms with van der Waals surface area (Å²) in [6.45, 7) is 10.6. The zero-order valence-electron chi connectivity index (χ0n) is 28.5. The number of fused-ring (bicyclic) bond motifs is 2. The van der Waals surface area contributed by atoms with Crippen molar-refractivity contribution in [3.63, 3.8) is 0 Å². The number of hydrogen-bond acceptors (Lipinski definition) is 1. The highest BCUT2D eigenvalue weighted by molar-refractivity contribution is 6.64. The third kappa shape index (κ3) is 6.33. The zero-order chi connectivity index (χ0) is 33.7. The molecule has 4 aromatic carbocycles. The van der Waals surface area contributed by atoms with Crippen LogP contribution in [0.25, 0.3) is 33.2 Å². The lowest BCUT2D eigenvalue weighted by Gasteiger charge is -2.17. The van der Waals surface area contributed by atoms with Gasteiger partial charge in [-0.3, -0.25) is 4.99 Å². The largest absolute Gasteiger partial charge is 0.325 e. The Labute approximate surface area is 291 Å². The van der Waals surface area contributed by atoms with E-state index in [9.17, 15) is 0 Å². The Kier molecular flexibility index (Phi) is 9.26. The first-order chi connectivity index (χ1) is 24.1. The van der Waals surface area contributed by atoms with Gasteiger partial charge in [0.2, 0.25) is 7.28 Å². The van der Waals surface area contributed by atoms with E-state index in [1.54, 1.807) is 0 Å². The van der Waals surface area contributed by atoms with Crippen molar-refractivity contribution in [3.8, 4) is 11.1 Å². The van der Waals surface area contributed by atoms with Crippen LogP contribution in [0.15, 0.2) is 168 Å². The normalized spacial score (nSPS) is 16.2. The van der Waals surface area contributed by atoms with Crippen molar-refractivity contribution >= 4 is 41.3 Å². The summed E-state index contributed by atoms with van der Waals surface area (Å²) in [6.07, 6.45) is 21.2. The van der Waals surface area contributed by atoms with E-state index in [1.165, 1.54) is 44.5 Å². The van der Waals surface area contributed by atoms with Crippen LogP contribution >= 0.6 is 0 Å². The molecule has 49 heavy (non-hydrogen) atoms. The van der Waals surface area contributed by atoms with Crippen LogP contribution in [0.3, 0.4) is 0 Å². The van der Waals surface area contributed by atoms with Gasteiger partial charge in [0, 0.05) is 17.3 Å². The number of rotatable bonds is 5. The van der Waals surface area contributed by atoms with Crippen LogP contribution in [-0.2, 0) is 12.8 Å². The smallest absolute Gasteiger partial charge is 0.204 e. The molecule has 1 aromatic heterocycles. The predicted molar refractivity (Wildman–Crippen MR) is 213 cm³/mol. The molecule has 237 valence electrons. The minimum Gasteiger partial charge on any atom is -0.325 e. The van der Waals surface area contributed by atoms with Crippen LogP contribution in [0.5, 0.6) is 0 Å². The summed E-state index contributed by atoms with van der Waals surface area (Å²) in [5.41, 5.74) is 16.7. The molecule has 2 heterocycles. The molecule has 0 spiro atoms. The molecule has 0 saturated heterocycles. The third-order valence-corrected chi connectivity index (χ3v) is 9.40. The molecule has 0 N–H and O–H groups in total. The lowest BCUT2D eigenvalue weighted by Crippen LogP contribution is -2.02. The van der Waals surface area contributed by atoms with Crippen molar-refractivity contribution in [2.45, 2.75) is 33.6 Å². The lowest BCUT2D eigenvalue weighted by atomic mass is 9.77. The van der Waals surface area contributed by atoms with Gasteiger partial charge in [-0.25, -0.2) is 0 Å². The number of aliphatic imine (C=N–C) groups is 1. The molecule has 5 aromatic rings. The van der Waals surface area contributed by atoms with Crippen LogP contribution in [-0.4, -0.2) is 18.1 Å². The molecule has 2 nitrogen and oxygen atoms in total. The third-order valence-electron chi connectivity index (χ3n) is 9.40. The van der Waals surface area contributed by atoms with Crippen LogP contribution < -0.4 is 0 Å². The van der Waals surface area contributed by atoms with E-state index >= 15 is 0 Å². The molecule has 1 aliphatic heterocycles. The van der Waals surface area contributed by atoms with Gasteiger partial charge in [0.05, 0.1) is 11.2 Å². The van der Waals surface area contributed by atoms with E-state index in [1.807, 2.05) is 38.3 Å². The van der Waals surface area contributed by atoms with Gasteiger partial charge in [0.25, 0.3) is 0 Å². The maximum absolute atomic E-state index is 5.07. The Morgan fingerprint density at radius 3 is 2.45 bits per heavy atom. The molecule has 2 bridgehead atoms. The number of nitrogens with zero attached hydrogens (tertiary/aromatic N) is 2. The van der Waals surface area contributed by atoms with Crippen LogP contribution in [0.2, 0.25) is 0 Å². The fourth-order valence-electron chi connectivity index (χ4n) is 6.97. The molecule has 0 unspecified atom stereocenters. The Bertz CT molecular complexity index is 2280. The second-order valence-corrected chi connectivity index (χ2v) is 12.3. The van der Waals surface area contributed by atoms with Gasteiger partial charge in [-0.2, -0.15) is 0 Å². The summed E-state index contributed by atoms with van der Waals surface area (Å²) >= 11 is 0. The van der Waals surface area contributed by atoms with E-state index < -0.39 is 0 Å². The number of hydrogen-bond donors (Lipinski definition) is 0. The molecule has 0 saturated carbocycles. The molecular formula is C46H40BN2. The SMILES string of the molecule is C=C1/C=C\C=C/Cc2cccc3c2CC1=CC=C3c1cccc(-c2ccc3c(c2)c(N=Cc2ccccc2)c(C)n3C2=CC=C[B]2)c1.CC. The second-order valence-electron chi connectivity index (χ2n) is 12.3. The van der Waals surface area contributed by atoms with Crippen molar-refractivity contribution in [3.05, 3.63) is 197 Å². The second kappa shape index (κ2) is 14.2. The number of allylic oxidation sites excluding steroid dienone is 10. The molecular weight excluding hydrogens is 591 g/mol. The standard InChI is InChI=1S/C44H34BN2.C2H6/c1-30-12-5-3-8-15-33-16-10-19-39-38(23-21-34(30)27-40(33)39)37-18-9-17-35(26-37)36-22-24-42-41(28-36)44(46-29-32-13-6-4-7-14-32)31(2)47(42)43-20-11-25-45-43;1-2/h3-14,16-26,28-29H,1,15,27H2,2H3;1-2H3/b8-3-,12-5-,46-29?;. The van der Waals surface area contributed by atoms with Gasteiger partial charge in [0.15, 0.2) is 0 Å². The van der Waals surface area contributed by atoms with E-state index in [0.717, 1.165) is 51.9 Å². The van der Waals surface area contributed by atoms with Gasteiger partial charge in [-0.15, -0.1) is 5.98 Å². The highest BCUT2D eigenvalue weighted by Gasteiger charge is 2.20. The van der Waals surface area contributed by atoms with Crippen molar-refractivity contribution in [2.24, 2.45) is 4.99 Å². The molecule has 0 fully saturated rings. The van der Waals surface area contributed by atoms with Gasteiger partial charge < -0.3 is 4.57 Å². The van der Waals surface area contributed by atoms with Crippen molar-refractivity contribution in [1.29, 1.82) is 0 Å². The van der Waals surface area contributed by atoms with Crippen molar-refractivity contribution in [2.75, 3.05) is 0 Å². The first-order valence-corrected chi connectivity index (χ1v) is 17.3. The summed E-state index contributed by atoms with van der Waals surface area (Å²) in [6, 6.07) is 32.8. The number of benzene rings is 4. The summed E-state index contributed by atoms with van der Waals surface area (Å²) < 4.78 is 2.32. The lowest BCUT2D eigenvalue weighted by molar-refractivity contribution is 1.10. The Morgan fingerprint density at radius 1 is 0.796 bits per heavy atom. The average Bonchev–Trinajstić information content (AvgIpc) is 3.71. The first kappa shape index (κ1) is 31.9. The van der Waals surface area contributed by atoms with E-state index in [0.29, 0.717) is 0 Å². The molecule has 1 radical (unpaired) electrons. The van der Waals surface area contributed by atoms with Gasteiger partial charge in [-0.1, -0.05) is 142 Å². The molecule has 3 heteroatoms. The maximum Gasteiger partial charge on any atom is 0.204 e. The van der Waals surface area contributed by atoms with E-state index in [-0.39, 0.29) is 0 Å². The summed E-state index contributed by atoms with van der Waals surface area (Å²) in [7, 11) is 2.16. The van der Waals surface area contributed by atoms with E-state index in [2.05, 4.69) is 153 Å². The molecule has 0 atom stereocenters. The van der Waals surface area contributed by atoms with Crippen molar-refractivity contribution < 1.29 is 0 Å². The summed E-state index contributed by atoms with van der Waals surface area (Å²) in [4.78, 5) is 5.07.